The van der Waals surface area contributed by atoms with Crippen LogP contribution in [0.2, 0.25) is 0 Å². The van der Waals surface area contributed by atoms with Gasteiger partial charge in [-0.1, -0.05) is 0 Å². The van der Waals surface area contributed by atoms with E-state index in [9.17, 15) is 13.6 Å². The molecule has 0 spiro atoms. The van der Waals surface area contributed by atoms with Gasteiger partial charge in [0.25, 0.3) is 5.91 Å². The van der Waals surface area contributed by atoms with Crippen LogP contribution in [-0.2, 0) is 4.74 Å². The Morgan fingerprint density at radius 1 is 1.28 bits per heavy atom. The van der Waals surface area contributed by atoms with Gasteiger partial charge in [0.2, 0.25) is 0 Å². The van der Waals surface area contributed by atoms with Crippen LogP contribution in [0.25, 0.3) is 11.3 Å². The first-order chi connectivity index (χ1) is 15.3. The molecular weight excluding hydrogens is 442 g/mol. The summed E-state index contributed by atoms with van der Waals surface area (Å²) in [4.78, 5) is 17.2. The first-order valence-corrected chi connectivity index (χ1v) is 10.5. The highest BCUT2D eigenvalue weighted by Gasteiger charge is 2.27. The van der Waals surface area contributed by atoms with Crippen molar-refractivity contribution in [3.05, 3.63) is 60.0 Å². The summed E-state index contributed by atoms with van der Waals surface area (Å²) in [5.41, 5.74) is -0.706. The molecule has 3 heterocycles. The molecule has 1 fully saturated rings. The summed E-state index contributed by atoms with van der Waals surface area (Å²) in [5, 5.41) is 7.14. The molecular formula is C22H21ClF2N4O3. The van der Waals surface area contributed by atoms with Gasteiger partial charge in [-0.2, -0.15) is 5.10 Å². The molecule has 0 bridgehead atoms. The van der Waals surface area contributed by atoms with Crippen LogP contribution in [0.3, 0.4) is 0 Å². The number of nitrogens with one attached hydrogen (secondary N) is 1. The molecule has 1 saturated heterocycles. The topological polar surface area (TPSA) is 78.3 Å². The van der Waals surface area contributed by atoms with Crippen LogP contribution >= 0.6 is 11.6 Å². The molecule has 0 saturated carbocycles. The maximum absolute atomic E-state index is 12.8. The number of aryl methyl sites for hydroxylation is 1. The second kappa shape index (κ2) is 9.22. The molecule has 3 aromatic rings. The number of pyridine rings is 1. The van der Waals surface area contributed by atoms with Gasteiger partial charge in [0, 0.05) is 47.5 Å². The summed E-state index contributed by atoms with van der Waals surface area (Å²) in [7, 11) is 0. The Balaban J connectivity index is 1.53. The van der Waals surface area contributed by atoms with Gasteiger partial charge in [-0.3, -0.25) is 9.78 Å². The van der Waals surface area contributed by atoms with Crippen molar-refractivity contribution >= 4 is 23.2 Å². The molecule has 0 aliphatic carbocycles. The predicted molar refractivity (Wildman–Crippen MR) is 115 cm³/mol. The third-order valence-electron chi connectivity index (χ3n) is 5.07. The molecule has 4 rings (SSSR count). The first-order valence-electron chi connectivity index (χ1n) is 10.1. The normalized spacial score (nSPS) is 16.6. The zero-order valence-electron chi connectivity index (χ0n) is 17.2. The zero-order valence-corrected chi connectivity index (χ0v) is 18.0. The van der Waals surface area contributed by atoms with Crippen LogP contribution in [0.1, 0.15) is 41.5 Å². The largest absolute Gasteiger partial charge is 0.487 e. The predicted octanol–water partition coefficient (Wildman–Crippen LogP) is 5.37. The maximum Gasteiger partial charge on any atom is 0.487 e. The number of anilines is 1. The van der Waals surface area contributed by atoms with Crippen molar-refractivity contribution in [2.45, 2.75) is 38.0 Å². The number of aromatic nitrogens is 3. The lowest BCUT2D eigenvalue weighted by Gasteiger charge is -2.24. The number of rotatable bonds is 6. The van der Waals surface area contributed by atoms with Crippen molar-refractivity contribution < 1.29 is 23.0 Å². The fraction of sp³-hybridized carbons (Fsp3) is 0.318. The van der Waals surface area contributed by atoms with Crippen molar-refractivity contribution in [2.75, 3.05) is 11.9 Å². The van der Waals surface area contributed by atoms with E-state index in [0.29, 0.717) is 17.9 Å². The van der Waals surface area contributed by atoms with E-state index >= 15 is 0 Å². The Hall–Kier alpha value is -3.04. The Labute approximate surface area is 188 Å². The molecule has 7 nitrogen and oxygen atoms in total. The Morgan fingerprint density at radius 3 is 2.75 bits per heavy atom. The number of ether oxygens (including phenoxy) is 2. The Bertz CT molecular complexity index is 1090. The fourth-order valence-corrected chi connectivity index (χ4v) is 3.62. The molecule has 168 valence electrons. The second-order valence-electron chi connectivity index (χ2n) is 7.37. The van der Waals surface area contributed by atoms with E-state index in [-0.39, 0.29) is 12.0 Å². The summed E-state index contributed by atoms with van der Waals surface area (Å²) >= 11 is 4.76. The molecule has 0 radical (unpaired) electrons. The number of hydrogen-bond acceptors (Lipinski definition) is 5. The van der Waals surface area contributed by atoms with E-state index in [2.05, 4.69) is 20.1 Å². The standard InChI is InChI=1S/C22H21ClF2N4O3/c1-14-18(19-9-10-27-29(19)20-4-2-3-11-31-20)12-15(13-26-14)21(30)28-16-5-7-17(8-6-16)32-22(23,24)25/h5-10,12-13,20H,2-4,11H2,1H3,(H,28,30). The summed E-state index contributed by atoms with van der Waals surface area (Å²) in [6.07, 6.45) is 6.01. The van der Waals surface area contributed by atoms with E-state index in [1.54, 1.807) is 12.3 Å². The van der Waals surface area contributed by atoms with Gasteiger partial charge in [-0.05, 0) is 62.6 Å². The minimum absolute atomic E-state index is 0.125. The summed E-state index contributed by atoms with van der Waals surface area (Å²) < 4.78 is 37.4. The van der Waals surface area contributed by atoms with Gasteiger partial charge < -0.3 is 14.8 Å². The molecule has 1 N–H and O–H groups in total. The molecule has 2 aromatic heterocycles. The van der Waals surface area contributed by atoms with Gasteiger partial charge in [-0.15, -0.1) is 8.78 Å². The van der Waals surface area contributed by atoms with Crippen LogP contribution in [0, 0.1) is 6.92 Å². The maximum atomic E-state index is 12.8. The van der Waals surface area contributed by atoms with Crippen LogP contribution in [0.5, 0.6) is 5.75 Å². The van der Waals surface area contributed by atoms with E-state index in [4.69, 9.17) is 16.3 Å². The van der Waals surface area contributed by atoms with Gasteiger partial charge in [0.05, 0.1) is 11.3 Å². The van der Waals surface area contributed by atoms with Crippen molar-refractivity contribution in [3.8, 4) is 17.0 Å². The van der Waals surface area contributed by atoms with Gasteiger partial charge in [0.15, 0.2) is 6.23 Å². The minimum atomic E-state index is -3.80. The molecule has 1 aliphatic rings. The van der Waals surface area contributed by atoms with Gasteiger partial charge in [0.1, 0.15) is 5.75 Å². The molecule has 1 amide bonds. The average molecular weight is 463 g/mol. The van der Waals surface area contributed by atoms with Gasteiger partial charge in [-0.25, -0.2) is 4.68 Å². The monoisotopic (exact) mass is 462 g/mol. The van der Waals surface area contributed by atoms with Crippen molar-refractivity contribution in [1.82, 2.24) is 14.8 Å². The van der Waals surface area contributed by atoms with Crippen molar-refractivity contribution in [1.29, 1.82) is 0 Å². The molecule has 10 heteroatoms. The summed E-state index contributed by atoms with van der Waals surface area (Å²) in [6, 6.07) is 9.07. The Kier molecular flexibility index (Phi) is 6.38. The highest BCUT2D eigenvalue weighted by atomic mass is 35.5. The number of benzene rings is 1. The molecule has 32 heavy (non-hydrogen) atoms. The summed E-state index contributed by atoms with van der Waals surface area (Å²) in [5.74, 6) is -0.518. The van der Waals surface area contributed by atoms with E-state index < -0.39 is 11.5 Å². The molecule has 1 aliphatic heterocycles. The third kappa shape index (κ3) is 5.23. The number of hydrogen-bond donors (Lipinski definition) is 1. The molecule has 1 atom stereocenters. The van der Waals surface area contributed by atoms with Crippen LogP contribution in [-0.4, -0.2) is 32.8 Å². The van der Waals surface area contributed by atoms with E-state index in [1.165, 1.54) is 30.5 Å². The zero-order chi connectivity index (χ0) is 22.7. The molecule has 1 unspecified atom stereocenters. The van der Waals surface area contributed by atoms with Crippen LogP contribution < -0.4 is 10.1 Å². The third-order valence-corrected chi connectivity index (χ3v) is 5.15. The lowest BCUT2D eigenvalue weighted by atomic mass is 10.1. The summed E-state index contributed by atoms with van der Waals surface area (Å²) in [6.45, 7) is 2.55. The highest BCUT2D eigenvalue weighted by Crippen LogP contribution is 2.30. The number of halogens is 3. The van der Waals surface area contributed by atoms with Crippen LogP contribution in [0.15, 0.2) is 48.8 Å². The van der Waals surface area contributed by atoms with Crippen LogP contribution in [0.4, 0.5) is 14.5 Å². The lowest BCUT2D eigenvalue weighted by molar-refractivity contribution is -0.0964. The number of carbonyl (C=O) groups excluding carboxylic acids is 1. The minimum Gasteiger partial charge on any atom is -0.420 e. The molecule has 1 aromatic carbocycles. The first kappa shape index (κ1) is 22.2. The van der Waals surface area contributed by atoms with Crippen molar-refractivity contribution in [2.24, 2.45) is 0 Å². The van der Waals surface area contributed by atoms with E-state index in [1.807, 2.05) is 17.7 Å². The highest BCUT2D eigenvalue weighted by molar-refractivity contribution is 6.20. The fourth-order valence-electron chi connectivity index (χ4n) is 3.53. The quantitative estimate of drug-likeness (QED) is 0.498. The SMILES string of the molecule is Cc1ncc(C(=O)Nc2ccc(OC(F)(F)Cl)cc2)cc1-c1ccnn1C1CCCCO1. The average Bonchev–Trinajstić information content (AvgIpc) is 3.25. The van der Waals surface area contributed by atoms with Crippen molar-refractivity contribution in [3.63, 3.8) is 0 Å². The number of carbonyl (C=O) groups is 1. The number of nitrogens with zero attached hydrogens (tertiary/aromatic N) is 3. The Morgan fingerprint density at radius 2 is 2.06 bits per heavy atom. The lowest BCUT2D eigenvalue weighted by Crippen LogP contribution is -2.20. The number of alkyl halides is 3. The van der Waals surface area contributed by atoms with Gasteiger partial charge >= 0.3 is 5.57 Å². The number of amides is 1. The van der Waals surface area contributed by atoms with E-state index in [0.717, 1.165) is 36.2 Å². The second-order valence-corrected chi connectivity index (χ2v) is 7.81. The smallest absolute Gasteiger partial charge is 0.420 e.